The molecule has 10 heavy (non-hydrogen) atoms. The van der Waals surface area contributed by atoms with Gasteiger partial charge >= 0.3 is 72.3 Å². The van der Waals surface area contributed by atoms with Gasteiger partial charge in [0.2, 0.25) is 0 Å². The molecule has 2 rings (SSSR count). The third kappa shape index (κ3) is 0.754. The summed E-state index contributed by atoms with van der Waals surface area (Å²) in [6.45, 7) is 5.01. The normalized spacial score (nSPS) is 48.5. The summed E-state index contributed by atoms with van der Waals surface area (Å²) in [5.74, 6) is 0.971. The molecule has 2 aliphatic rings. The number of fused-ring (bicyclic) bond motifs is 2. The van der Waals surface area contributed by atoms with Crippen LogP contribution in [0.5, 0.6) is 0 Å². The van der Waals surface area contributed by atoms with E-state index in [1.165, 1.54) is 6.42 Å². The number of hydrogen-bond donors (Lipinski definition) is 0. The van der Waals surface area contributed by atoms with Gasteiger partial charge in [0, 0.05) is 0 Å². The third-order valence-corrected chi connectivity index (χ3v) is 21.9. The molecular formula is C9H16Nd. The molecule has 0 aromatic heterocycles. The third-order valence-electron chi connectivity index (χ3n) is 4.07. The van der Waals surface area contributed by atoms with Gasteiger partial charge in [-0.2, -0.15) is 0 Å². The fourth-order valence-corrected chi connectivity index (χ4v) is 15.0. The van der Waals surface area contributed by atoms with Gasteiger partial charge in [-0.05, 0) is 0 Å². The first-order valence-electron chi connectivity index (χ1n) is 4.26. The van der Waals surface area contributed by atoms with E-state index in [1.807, 2.05) is 0 Å². The van der Waals surface area contributed by atoms with Crippen molar-refractivity contribution in [1.82, 2.24) is 0 Å². The van der Waals surface area contributed by atoms with E-state index in [1.54, 1.807) is 2.07 Å². The molecule has 2 atom stereocenters. The molecule has 0 nitrogen and oxygen atoms in total. The summed E-state index contributed by atoms with van der Waals surface area (Å²) in [4.78, 5) is 0. The molecule has 2 bridgehead atoms. The Morgan fingerprint density at radius 2 is 2.20 bits per heavy atom. The van der Waals surface area contributed by atoms with Crippen LogP contribution in [0.4, 0.5) is 0 Å². The molecule has 1 heteroatoms. The molecule has 0 radical (unpaired) electrons. The average molecular weight is 268 g/mol. The zero-order chi connectivity index (χ0) is 7.41. The van der Waals surface area contributed by atoms with Crippen molar-refractivity contribution in [3.63, 3.8) is 0 Å². The monoisotopic (exact) mass is 266 g/mol. The molecule has 1 saturated heterocycles. The first kappa shape index (κ1) is 7.72. The first-order chi connectivity index (χ1) is 4.56. The number of allylic oxidation sites excluding steroid dienone is 1. The van der Waals surface area contributed by atoms with E-state index in [-0.39, 0.29) is 0 Å². The molecule has 2 unspecified atom stereocenters. The van der Waals surface area contributed by atoms with Crippen LogP contribution in [0.15, 0.2) is 7.80 Å². The Labute approximate surface area is 71.3 Å². The molecule has 0 aromatic carbocycles. The number of hydrogen-bond acceptors (Lipinski definition) is 0. The quantitative estimate of drug-likeness (QED) is 0.632. The second-order valence-electron chi connectivity index (χ2n) is 4.64. The van der Waals surface area contributed by atoms with Crippen LogP contribution in [-0.4, -0.2) is 0 Å². The SMILES string of the molecule is C[C]1(C)C2C=[CH][Nd]1([CH3])[CH2]C2. The topological polar surface area (TPSA) is 0 Å². The van der Waals surface area contributed by atoms with Gasteiger partial charge in [-0.3, -0.25) is 0 Å². The van der Waals surface area contributed by atoms with Crippen LogP contribution in [0.25, 0.3) is 0 Å². The minimum absolute atomic E-state index is 0.771. The zero-order valence-corrected chi connectivity index (χ0v) is 10.4. The first-order valence-corrected chi connectivity index (χ1v) is 13.2. The van der Waals surface area contributed by atoms with Crippen LogP contribution in [-0.2, 0) is 0 Å². The molecule has 0 saturated carbocycles. The van der Waals surface area contributed by atoms with Crippen molar-refractivity contribution in [3.05, 3.63) is 7.80 Å². The van der Waals surface area contributed by atoms with Crippen LogP contribution < -0.4 is 0 Å². The van der Waals surface area contributed by atoms with Gasteiger partial charge in [0.1, 0.15) is 0 Å². The Morgan fingerprint density at radius 3 is 2.30 bits per heavy atom. The van der Waals surface area contributed by atoms with E-state index in [0.29, 0.717) is 0 Å². The Kier molecular flexibility index (Phi) is 1.60. The van der Waals surface area contributed by atoms with Gasteiger partial charge in [0.15, 0.2) is 0 Å². The molecule has 1 fully saturated rings. The second-order valence-corrected chi connectivity index (χ2v) is 20.5. The van der Waals surface area contributed by atoms with Gasteiger partial charge in [-0.1, -0.05) is 0 Å². The molecule has 0 aliphatic carbocycles. The summed E-state index contributed by atoms with van der Waals surface area (Å²) in [6.07, 6.45) is 4.03. The van der Waals surface area contributed by atoms with Crippen LogP contribution in [0.2, 0.25) is 5.71 Å². The molecule has 0 N–H and O–H groups in total. The van der Waals surface area contributed by atoms with Crippen molar-refractivity contribution in [1.29, 1.82) is 0 Å². The molecule has 0 amide bonds. The van der Waals surface area contributed by atoms with E-state index in [9.17, 15) is 0 Å². The summed E-state index contributed by atoms with van der Waals surface area (Å²) in [7, 11) is 0. The average Bonchev–Trinajstić information content (AvgIpc) is 2.18. The van der Waals surface area contributed by atoms with Crippen molar-refractivity contribution in [3.8, 4) is 0 Å². The van der Waals surface area contributed by atoms with Crippen LogP contribution in [0, 0.1) is 38.5 Å². The molecule has 2 heterocycles. The predicted molar refractivity (Wildman–Crippen MR) is 42.0 cm³/mol. The Bertz CT molecular complexity index is 193. The minimum atomic E-state index is -1.75. The molecule has 0 aromatic rings. The molecule has 2 aliphatic heterocycles. The van der Waals surface area contributed by atoms with E-state index in [0.717, 1.165) is 6.98 Å². The van der Waals surface area contributed by atoms with Gasteiger partial charge < -0.3 is 0 Å². The van der Waals surface area contributed by atoms with Gasteiger partial charge in [-0.15, -0.1) is 0 Å². The maximum atomic E-state index is 2.65. The second kappa shape index (κ2) is 2.07. The molecule has 56 valence electrons. The predicted octanol–water partition coefficient (Wildman–Crippen LogP) is 3.35. The fraction of sp³-hybridized carbons (Fsp3) is 0.778. The summed E-state index contributed by atoms with van der Waals surface area (Å²) in [6, 6.07) is 0. The Hall–Kier alpha value is 1.09. The van der Waals surface area contributed by atoms with Gasteiger partial charge in [0.05, 0.1) is 0 Å². The van der Waals surface area contributed by atoms with E-state index in [4.69, 9.17) is 0 Å². The summed E-state index contributed by atoms with van der Waals surface area (Å²) < 4.78 is 7.67. The maximum absolute atomic E-state index is 2.65. The van der Waals surface area contributed by atoms with Gasteiger partial charge in [-0.25, -0.2) is 0 Å². The molecule has 0 spiro atoms. The van der Waals surface area contributed by atoms with Gasteiger partial charge in [0.25, 0.3) is 0 Å². The summed E-state index contributed by atoms with van der Waals surface area (Å²) >= 11 is -1.75. The van der Waals surface area contributed by atoms with E-state index >= 15 is 0 Å². The van der Waals surface area contributed by atoms with E-state index in [2.05, 4.69) is 24.2 Å². The van der Waals surface area contributed by atoms with Crippen molar-refractivity contribution in [2.24, 2.45) is 5.92 Å². The zero-order valence-electron chi connectivity index (χ0n) is 7.15. The van der Waals surface area contributed by atoms with Crippen molar-refractivity contribution < 1.29 is 32.6 Å². The number of rotatable bonds is 0. The fourth-order valence-electron chi connectivity index (χ4n) is 2.53. The summed E-state index contributed by atoms with van der Waals surface area (Å²) in [5, 5.41) is 0. The Morgan fingerprint density at radius 1 is 1.50 bits per heavy atom. The van der Waals surface area contributed by atoms with Crippen molar-refractivity contribution in [2.75, 3.05) is 0 Å². The van der Waals surface area contributed by atoms with Crippen LogP contribution >= 0.6 is 0 Å². The Balaban J connectivity index is 2.45. The van der Waals surface area contributed by atoms with Crippen LogP contribution in [0.3, 0.4) is 0 Å². The standard InChI is InChI=1S/C8H13.CH3.Nd/c1-5-8(6-2)7(3)4;;/h1,5,8H,2,6H2,3-4H3;1H3;. The van der Waals surface area contributed by atoms with Crippen molar-refractivity contribution in [2.45, 2.75) is 26.0 Å². The summed E-state index contributed by atoms with van der Waals surface area (Å²) in [5.41, 5.74) is 0. The van der Waals surface area contributed by atoms with Crippen molar-refractivity contribution >= 4 is 0 Å². The molecular weight excluding hydrogens is 252 g/mol. The van der Waals surface area contributed by atoms with E-state index < -0.39 is 32.6 Å². The van der Waals surface area contributed by atoms with Crippen LogP contribution in [0.1, 0.15) is 20.3 Å².